The van der Waals surface area contributed by atoms with Gasteiger partial charge >= 0.3 is 0 Å². The highest BCUT2D eigenvalue weighted by Gasteiger charge is 2.14. The van der Waals surface area contributed by atoms with Crippen molar-refractivity contribution in [2.75, 3.05) is 5.32 Å². The van der Waals surface area contributed by atoms with E-state index in [0.717, 1.165) is 11.1 Å². The Bertz CT molecular complexity index is 1640. The van der Waals surface area contributed by atoms with Crippen LogP contribution < -0.4 is 10.6 Å². The fourth-order valence-corrected chi connectivity index (χ4v) is 4.34. The van der Waals surface area contributed by atoms with Gasteiger partial charge in [-0.1, -0.05) is 29.3 Å². The molecule has 0 saturated carbocycles. The summed E-state index contributed by atoms with van der Waals surface area (Å²) in [6, 6.07) is 17.8. The first-order valence-corrected chi connectivity index (χ1v) is 12.2. The van der Waals surface area contributed by atoms with Crippen LogP contribution in [-0.2, 0) is 4.79 Å². The lowest BCUT2D eigenvalue weighted by Gasteiger charge is -2.12. The Labute approximate surface area is 227 Å². The second-order valence-electron chi connectivity index (χ2n) is 7.93. The molecule has 2 aromatic carbocycles. The van der Waals surface area contributed by atoms with Crippen molar-refractivity contribution in [3.05, 3.63) is 94.3 Å². The number of nitrogens with one attached hydrogen (secondary N) is 2. The number of furan rings is 1. The Morgan fingerprint density at radius 1 is 1.03 bits per heavy atom. The molecule has 0 saturated heterocycles. The van der Waals surface area contributed by atoms with Crippen LogP contribution in [0.2, 0.25) is 10.0 Å². The van der Waals surface area contributed by atoms with Gasteiger partial charge in [-0.25, -0.2) is 4.98 Å². The molecule has 10 heteroatoms. The smallest absolute Gasteiger partial charge is 0.250 e. The zero-order valence-electron chi connectivity index (χ0n) is 19.3. The van der Waals surface area contributed by atoms with Gasteiger partial charge in [0.25, 0.3) is 0 Å². The Hall–Kier alpha value is -3.98. The number of pyridine rings is 1. The van der Waals surface area contributed by atoms with E-state index in [1.165, 1.54) is 6.08 Å². The number of amides is 1. The molecule has 184 valence electrons. The minimum Gasteiger partial charge on any atom is -0.457 e. The van der Waals surface area contributed by atoms with E-state index in [1.54, 1.807) is 48.7 Å². The van der Waals surface area contributed by atoms with Gasteiger partial charge in [-0.2, -0.15) is 4.98 Å². The number of thiocarbonyl (C=S) groups is 1. The van der Waals surface area contributed by atoms with Gasteiger partial charge < -0.3 is 14.2 Å². The third kappa shape index (κ3) is 5.56. The lowest BCUT2D eigenvalue weighted by molar-refractivity contribution is -0.115. The van der Waals surface area contributed by atoms with Gasteiger partial charge in [-0.05, 0) is 85.4 Å². The normalized spacial score (nSPS) is 11.2. The minimum atomic E-state index is -0.418. The monoisotopic (exact) mass is 548 g/mol. The van der Waals surface area contributed by atoms with Crippen molar-refractivity contribution in [2.45, 2.75) is 6.92 Å². The molecule has 0 unspecified atom stereocenters. The second-order valence-corrected chi connectivity index (χ2v) is 9.18. The highest BCUT2D eigenvalue weighted by Crippen LogP contribution is 2.32. The van der Waals surface area contributed by atoms with Crippen LogP contribution in [0.1, 0.15) is 11.3 Å². The third-order valence-corrected chi connectivity index (χ3v) is 6.19. The van der Waals surface area contributed by atoms with E-state index >= 15 is 0 Å². The number of nitrogens with zero attached hydrogens (tertiary/aromatic N) is 2. The van der Waals surface area contributed by atoms with Gasteiger partial charge in [0.2, 0.25) is 11.8 Å². The van der Waals surface area contributed by atoms with E-state index in [-0.39, 0.29) is 5.11 Å². The van der Waals surface area contributed by atoms with Gasteiger partial charge in [0, 0.05) is 34.1 Å². The molecule has 0 aliphatic rings. The number of hydrogen-bond acceptors (Lipinski definition) is 6. The zero-order chi connectivity index (χ0) is 25.9. The number of carbonyl (C=O) groups is 1. The fraction of sp³-hybridized carbons (Fsp3) is 0.0370. The molecule has 0 bridgehead atoms. The van der Waals surface area contributed by atoms with Crippen LogP contribution in [0.5, 0.6) is 0 Å². The number of oxazole rings is 1. The maximum Gasteiger partial charge on any atom is 0.250 e. The number of benzene rings is 2. The van der Waals surface area contributed by atoms with Gasteiger partial charge in [0.05, 0.1) is 5.02 Å². The molecule has 0 spiro atoms. The van der Waals surface area contributed by atoms with Crippen molar-refractivity contribution in [1.29, 1.82) is 0 Å². The highest BCUT2D eigenvalue weighted by molar-refractivity contribution is 7.80. The molecule has 3 heterocycles. The first-order chi connectivity index (χ1) is 17.9. The largest absolute Gasteiger partial charge is 0.457 e. The molecule has 7 nitrogen and oxygen atoms in total. The molecule has 0 atom stereocenters. The number of anilines is 1. The summed E-state index contributed by atoms with van der Waals surface area (Å²) in [7, 11) is 0. The average molecular weight is 549 g/mol. The number of halogens is 2. The zero-order valence-corrected chi connectivity index (χ0v) is 21.6. The van der Waals surface area contributed by atoms with Crippen LogP contribution in [0.3, 0.4) is 0 Å². The SMILES string of the molecule is Cc1c(NC(=S)NC(=O)/C=C/c2ccc(-c3ccc(Cl)cc3Cl)o2)cccc1-c1nc2ncccc2o1. The quantitative estimate of drug-likeness (QED) is 0.176. The number of hydrogen-bond donors (Lipinski definition) is 2. The summed E-state index contributed by atoms with van der Waals surface area (Å²) < 4.78 is 11.6. The Morgan fingerprint density at radius 2 is 1.89 bits per heavy atom. The molecular weight excluding hydrogens is 531 g/mol. The van der Waals surface area contributed by atoms with E-state index < -0.39 is 5.91 Å². The first-order valence-electron chi connectivity index (χ1n) is 11.0. The topological polar surface area (TPSA) is 93.2 Å². The summed E-state index contributed by atoms with van der Waals surface area (Å²) in [6.45, 7) is 1.91. The van der Waals surface area contributed by atoms with Gasteiger partial charge in [0.15, 0.2) is 16.3 Å². The Morgan fingerprint density at radius 3 is 2.70 bits per heavy atom. The second kappa shape index (κ2) is 10.6. The molecule has 1 amide bonds. The molecule has 0 aliphatic carbocycles. The lowest BCUT2D eigenvalue weighted by Crippen LogP contribution is -2.33. The number of aromatic nitrogens is 2. The summed E-state index contributed by atoms with van der Waals surface area (Å²) in [6.07, 6.45) is 4.53. The predicted molar refractivity (Wildman–Crippen MR) is 150 cm³/mol. The predicted octanol–water partition coefficient (Wildman–Crippen LogP) is 7.29. The molecule has 0 radical (unpaired) electrons. The van der Waals surface area contributed by atoms with Gasteiger partial charge in [-0.3, -0.25) is 10.1 Å². The number of fused-ring (bicyclic) bond motifs is 1. The van der Waals surface area contributed by atoms with Gasteiger partial charge in [0.1, 0.15) is 11.5 Å². The van der Waals surface area contributed by atoms with Gasteiger partial charge in [-0.15, -0.1) is 0 Å². The fourth-order valence-electron chi connectivity index (χ4n) is 3.63. The molecule has 5 rings (SSSR count). The third-order valence-electron chi connectivity index (χ3n) is 5.44. The van der Waals surface area contributed by atoms with Crippen LogP contribution in [0.15, 0.2) is 81.8 Å². The van der Waals surface area contributed by atoms with Crippen LogP contribution >= 0.6 is 35.4 Å². The Kier molecular flexibility index (Phi) is 7.05. The summed E-state index contributed by atoms with van der Waals surface area (Å²) in [4.78, 5) is 21.1. The molecule has 37 heavy (non-hydrogen) atoms. The van der Waals surface area contributed by atoms with E-state index in [9.17, 15) is 4.79 Å². The summed E-state index contributed by atoms with van der Waals surface area (Å²) in [5.41, 5.74) is 4.18. The van der Waals surface area contributed by atoms with Crippen LogP contribution in [0.25, 0.3) is 40.1 Å². The molecule has 3 aromatic heterocycles. The van der Waals surface area contributed by atoms with Crippen molar-refractivity contribution < 1.29 is 13.6 Å². The molecule has 2 N–H and O–H groups in total. The molecule has 0 fully saturated rings. The summed E-state index contributed by atoms with van der Waals surface area (Å²) in [5.74, 6) is 1.07. The van der Waals surface area contributed by atoms with Crippen molar-refractivity contribution in [3.63, 3.8) is 0 Å². The highest BCUT2D eigenvalue weighted by atomic mass is 35.5. The van der Waals surface area contributed by atoms with E-state index in [1.807, 2.05) is 31.2 Å². The average Bonchev–Trinajstić information content (AvgIpc) is 3.51. The van der Waals surface area contributed by atoms with Crippen LogP contribution in [-0.4, -0.2) is 21.0 Å². The molecule has 5 aromatic rings. The van der Waals surface area contributed by atoms with Crippen molar-refractivity contribution in [2.24, 2.45) is 0 Å². The minimum absolute atomic E-state index is 0.141. The lowest BCUT2D eigenvalue weighted by atomic mass is 10.1. The maximum atomic E-state index is 12.4. The Balaban J connectivity index is 1.23. The van der Waals surface area contributed by atoms with E-state index in [2.05, 4.69) is 20.6 Å². The van der Waals surface area contributed by atoms with Crippen molar-refractivity contribution in [1.82, 2.24) is 15.3 Å². The first kappa shape index (κ1) is 24.7. The number of carbonyl (C=O) groups excluding carboxylic acids is 1. The summed E-state index contributed by atoms with van der Waals surface area (Å²) in [5, 5.41) is 6.83. The van der Waals surface area contributed by atoms with E-state index in [4.69, 9.17) is 44.3 Å². The maximum absolute atomic E-state index is 12.4. The van der Waals surface area contributed by atoms with Crippen molar-refractivity contribution in [3.8, 4) is 22.8 Å². The molecular formula is C27H18Cl2N4O3S. The number of rotatable bonds is 5. The van der Waals surface area contributed by atoms with Crippen molar-refractivity contribution >= 4 is 69.4 Å². The standard InChI is InChI=1S/C27H18Cl2N4O3S/c1-15-18(26-33-25-23(36-26)6-3-13-30-25)4-2-5-21(15)31-27(37)32-24(34)12-9-17-8-11-22(35-17)19-10-7-16(28)14-20(19)29/h2-14H,1H3,(H2,31,32,34,37)/b12-9+. The molecule has 0 aliphatic heterocycles. The van der Waals surface area contributed by atoms with Crippen LogP contribution in [0.4, 0.5) is 5.69 Å². The van der Waals surface area contributed by atoms with Crippen LogP contribution in [0, 0.1) is 6.92 Å². The van der Waals surface area contributed by atoms with E-state index in [0.29, 0.717) is 49.9 Å². The summed E-state index contributed by atoms with van der Waals surface area (Å²) >= 11 is 17.5.